The summed E-state index contributed by atoms with van der Waals surface area (Å²) in [6.45, 7) is 9.26. The Kier molecular flexibility index (Phi) is 4.34. The van der Waals surface area contributed by atoms with E-state index < -0.39 is 0 Å². The molecule has 0 atom stereocenters. The van der Waals surface area contributed by atoms with Crippen LogP contribution in [0.5, 0.6) is 0 Å². The second kappa shape index (κ2) is 6.98. The van der Waals surface area contributed by atoms with Gasteiger partial charge in [-0.2, -0.15) is 0 Å². The van der Waals surface area contributed by atoms with E-state index in [1.54, 1.807) is 0 Å². The number of hydrogen-bond donors (Lipinski definition) is 0. The molecule has 0 aliphatic carbocycles. The van der Waals surface area contributed by atoms with Crippen molar-refractivity contribution in [1.82, 2.24) is 0 Å². The van der Waals surface area contributed by atoms with E-state index in [1.807, 2.05) is 68.0 Å². The summed E-state index contributed by atoms with van der Waals surface area (Å²) in [5.74, 6) is 0. The number of thiophene rings is 6. The van der Waals surface area contributed by atoms with E-state index in [2.05, 4.69) is 62.7 Å². The first-order valence-corrected chi connectivity index (χ1v) is 15.4. The van der Waals surface area contributed by atoms with Gasteiger partial charge in [-0.25, -0.2) is 0 Å². The maximum Gasteiger partial charge on any atom is 0.0542 e. The average molecular weight is 523 g/mol. The Morgan fingerprint density at radius 2 is 1.25 bits per heavy atom. The van der Waals surface area contributed by atoms with Gasteiger partial charge < -0.3 is 0 Å². The molecule has 0 radical (unpaired) electrons. The fourth-order valence-electron chi connectivity index (χ4n) is 4.71. The highest BCUT2D eigenvalue weighted by molar-refractivity contribution is 7.36. The number of hydrogen-bond acceptors (Lipinski definition) is 6. The van der Waals surface area contributed by atoms with Crippen molar-refractivity contribution in [1.29, 1.82) is 0 Å². The molecule has 0 N–H and O–H groups in total. The van der Waals surface area contributed by atoms with Gasteiger partial charge >= 0.3 is 0 Å². The highest BCUT2D eigenvalue weighted by Crippen LogP contribution is 2.53. The second-order valence-electron chi connectivity index (χ2n) is 8.29. The molecule has 158 valence electrons. The average Bonchev–Trinajstić information content (AvgIpc) is 3.58. The van der Waals surface area contributed by atoms with Crippen LogP contribution >= 0.6 is 68.0 Å². The van der Waals surface area contributed by atoms with E-state index >= 15 is 0 Å². The van der Waals surface area contributed by atoms with Crippen molar-refractivity contribution in [2.45, 2.75) is 27.7 Å². The number of benzene rings is 1. The zero-order valence-corrected chi connectivity index (χ0v) is 22.8. The molecule has 6 heteroatoms. The fourth-order valence-corrected chi connectivity index (χ4v) is 12.4. The first-order chi connectivity index (χ1) is 15.5. The number of rotatable bonds is 2. The van der Waals surface area contributed by atoms with Gasteiger partial charge in [0, 0.05) is 49.1 Å². The van der Waals surface area contributed by atoms with Gasteiger partial charge in [0.15, 0.2) is 0 Å². The Labute approximate surface area is 210 Å². The molecule has 0 fully saturated rings. The van der Waals surface area contributed by atoms with Gasteiger partial charge in [0.05, 0.1) is 9.40 Å². The molecule has 0 nitrogen and oxygen atoms in total. The third kappa shape index (κ3) is 2.57. The van der Waals surface area contributed by atoms with Gasteiger partial charge in [0.25, 0.3) is 0 Å². The molecule has 32 heavy (non-hydrogen) atoms. The van der Waals surface area contributed by atoms with Crippen molar-refractivity contribution < 1.29 is 0 Å². The van der Waals surface area contributed by atoms with Crippen LogP contribution in [0.1, 0.15) is 22.3 Å². The minimum atomic E-state index is 1.37. The van der Waals surface area contributed by atoms with Gasteiger partial charge in [-0.05, 0) is 78.9 Å². The summed E-state index contributed by atoms with van der Waals surface area (Å²) in [5, 5.41) is 7.47. The third-order valence-electron chi connectivity index (χ3n) is 6.35. The van der Waals surface area contributed by atoms with Crippen LogP contribution in [0.4, 0.5) is 0 Å². The lowest BCUT2D eigenvalue weighted by Crippen LogP contribution is -1.80. The second-order valence-corrected chi connectivity index (χ2v) is 14.3. The molecule has 0 aliphatic heterocycles. The Bertz CT molecular complexity index is 1810. The van der Waals surface area contributed by atoms with Gasteiger partial charge in [0.2, 0.25) is 0 Å². The quantitative estimate of drug-likeness (QED) is 0.212. The minimum absolute atomic E-state index is 1.37. The van der Waals surface area contributed by atoms with Gasteiger partial charge in [-0.15, -0.1) is 68.0 Å². The SMILES string of the molecule is Cc1csc2c1sc1c(C)c3c(sc4c(C)c(-c5ccc(-c6cccs6)s5)sc43)c(C)c12. The Morgan fingerprint density at radius 3 is 2.00 bits per heavy atom. The predicted molar refractivity (Wildman–Crippen MR) is 154 cm³/mol. The molecule has 6 heterocycles. The maximum atomic E-state index is 2.35. The van der Waals surface area contributed by atoms with E-state index in [0.29, 0.717) is 0 Å². The molecule has 7 aromatic rings. The Hall–Kier alpha value is -1.54. The summed E-state index contributed by atoms with van der Waals surface area (Å²) in [7, 11) is 0. The first-order valence-electron chi connectivity index (χ1n) is 10.4. The van der Waals surface area contributed by atoms with Crippen molar-refractivity contribution in [2.75, 3.05) is 0 Å². The molecule has 1 aromatic carbocycles. The smallest absolute Gasteiger partial charge is 0.0542 e. The van der Waals surface area contributed by atoms with E-state index in [4.69, 9.17) is 0 Å². The summed E-state index contributed by atoms with van der Waals surface area (Å²) >= 11 is 11.7. The zero-order chi connectivity index (χ0) is 21.7. The van der Waals surface area contributed by atoms with Crippen LogP contribution in [-0.4, -0.2) is 0 Å². The Balaban J connectivity index is 1.51. The fraction of sp³-hybridized carbons (Fsp3) is 0.154. The normalized spacial score (nSPS) is 12.4. The summed E-state index contributed by atoms with van der Waals surface area (Å²) in [4.78, 5) is 5.58. The van der Waals surface area contributed by atoms with Crippen molar-refractivity contribution >= 4 is 107 Å². The highest BCUT2D eigenvalue weighted by atomic mass is 32.1. The van der Waals surface area contributed by atoms with Crippen LogP contribution in [0.15, 0.2) is 35.0 Å². The highest BCUT2D eigenvalue weighted by Gasteiger charge is 2.23. The third-order valence-corrected chi connectivity index (χ3v) is 14.2. The van der Waals surface area contributed by atoms with E-state index in [0.717, 1.165) is 0 Å². The standard InChI is InChI=1S/C26H18S6/c1-11-10-28-25-18-12(2)23-19(13(3)22(18)30-20(11)25)26-24(32-23)14(4)21(31-26)17-8-7-16(29-17)15-6-5-9-27-15/h5-10H,1-4H3. The van der Waals surface area contributed by atoms with E-state index in [1.165, 1.54) is 80.7 Å². The van der Waals surface area contributed by atoms with Crippen molar-refractivity contribution in [3.05, 3.63) is 57.3 Å². The topological polar surface area (TPSA) is 0 Å². The molecule has 0 aliphatic rings. The molecular formula is C26H18S6. The minimum Gasteiger partial charge on any atom is -0.143 e. The molecule has 0 unspecified atom stereocenters. The molecule has 0 saturated carbocycles. The molecular weight excluding hydrogens is 505 g/mol. The molecule has 0 spiro atoms. The van der Waals surface area contributed by atoms with Crippen LogP contribution in [0.25, 0.3) is 58.5 Å². The van der Waals surface area contributed by atoms with Gasteiger partial charge in [0.1, 0.15) is 0 Å². The number of fused-ring (bicyclic) bond motifs is 6. The number of aryl methyl sites for hydroxylation is 4. The maximum absolute atomic E-state index is 2.35. The lowest BCUT2D eigenvalue weighted by molar-refractivity contribution is 1.59. The summed E-state index contributed by atoms with van der Waals surface area (Å²) in [6, 6.07) is 8.96. The van der Waals surface area contributed by atoms with E-state index in [-0.39, 0.29) is 0 Å². The lowest BCUT2D eigenvalue weighted by atomic mass is 10.0. The van der Waals surface area contributed by atoms with Crippen LogP contribution in [-0.2, 0) is 0 Å². The van der Waals surface area contributed by atoms with Gasteiger partial charge in [-0.1, -0.05) is 6.07 Å². The largest absolute Gasteiger partial charge is 0.143 e. The summed E-state index contributed by atoms with van der Waals surface area (Å²) < 4.78 is 8.91. The van der Waals surface area contributed by atoms with Gasteiger partial charge in [-0.3, -0.25) is 0 Å². The molecule has 0 bridgehead atoms. The molecule has 6 aromatic heterocycles. The van der Waals surface area contributed by atoms with Crippen molar-refractivity contribution in [2.24, 2.45) is 0 Å². The van der Waals surface area contributed by atoms with E-state index in [9.17, 15) is 0 Å². The Morgan fingerprint density at radius 1 is 0.531 bits per heavy atom. The van der Waals surface area contributed by atoms with Crippen molar-refractivity contribution in [3.8, 4) is 19.5 Å². The van der Waals surface area contributed by atoms with Crippen molar-refractivity contribution in [3.63, 3.8) is 0 Å². The molecule has 7 rings (SSSR count). The predicted octanol–water partition coefficient (Wildman–Crippen LogP) is 11.2. The monoisotopic (exact) mass is 522 g/mol. The van der Waals surface area contributed by atoms with Crippen LogP contribution < -0.4 is 0 Å². The van der Waals surface area contributed by atoms with Crippen LogP contribution in [0, 0.1) is 27.7 Å². The molecule has 0 saturated heterocycles. The molecule has 0 amide bonds. The summed E-state index contributed by atoms with van der Waals surface area (Å²) in [5.41, 5.74) is 5.81. The van der Waals surface area contributed by atoms with Crippen LogP contribution in [0.3, 0.4) is 0 Å². The zero-order valence-electron chi connectivity index (χ0n) is 17.9. The van der Waals surface area contributed by atoms with Crippen LogP contribution in [0.2, 0.25) is 0 Å². The first kappa shape index (κ1) is 19.9. The lowest BCUT2D eigenvalue weighted by Gasteiger charge is -2.05. The summed E-state index contributed by atoms with van der Waals surface area (Å²) in [6.07, 6.45) is 0.